The smallest absolute Gasteiger partial charge is 0.280 e. The molecule has 52 heavy (non-hydrogen) atoms. The van der Waals surface area contributed by atoms with E-state index >= 15 is 0 Å². The fourth-order valence-electron chi connectivity index (χ4n) is 4.76. The molecule has 1 atom stereocenters. The summed E-state index contributed by atoms with van der Waals surface area (Å²) in [6.45, 7) is 6.69. The Morgan fingerprint density at radius 1 is 0.885 bits per heavy atom. The summed E-state index contributed by atoms with van der Waals surface area (Å²) in [5, 5.41) is 5.96. The van der Waals surface area contributed by atoms with Crippen molar-refractivity contribution >= 4 is 64.1 Å². The SMILES string of the molecule is CSc1ccc(Cn2c(SC[C@H](NC(C)=O)C(=O)NCCOCCOCCOCCOCCOCCCCCCCl)nc3c(=O)[nH]c(N)nc32)cc1. The van der Waals surface area contributed by atoms with E-state index in [1.165, 1.54) is 18.7 Å². The largest absolute Gasteiger partial charge is 0.379 e. The summed E-state index contributed by atoms with van der Waals surface area (Å²) in [5.74, 6) is 0.117. The Morgan fingerprint density at radius 2 is 1.48 bits per heavy atom. The first-order chi connectivity index (χ1) is 25.3. The van der Waals surface area contributed by atoms with Gasteiger partial charge in [-0.1, -0.05) is 36.7 Å². The van der Waals surface area contributed by atoms with Gasteiger partial charge in [0.1, 0.15) is 6.04 Å². The number of aromatic nitrogens is 4. The monoisotopic (exact) mass is 785 g/mol. The Balaban J connectivity index is 1.31. The number of nitrogens with one attached hydrogen (secondary N) is 3. The second-order valence-corrected chi connectivity index (χ2v) is 13.7. The Kier molecular flexibility index (Phi) is 21.7. The van der Waals surface area contributed by atoms with Crippen molar-refractivity contribution in [2.75, 3.05) is 96.2 Å². The van der Waals surface area contributed by atoms with Gasteiger partial charge in [-0.05, 0) is 36.8 Å². The first kappa shape index (κ1) is 43.5. The number of imidazole rings is 1. The molecule has 5 N–H and O–H groups in total. The molecule has 0 unspecified atom stereocenters. The van der Waals surface area contributed by atoms with Gasteiger partial charge in [-0.3, -0.25) is 23.9 Å². The minimum absolute atomic E-state index is 0.0268. The number of ether oxygens (including phenoxy) is 5. The average Bonchev–Trinajstić information content (AvgIpc) is 3.47. The van der Waals surface area contributed by atoms with Crippen LogP contribution in [0.2, 0.25) is 0 Å². The summed E-state index contributed by atoms with van der Waals surface area (Å²) >= 11 is 8.53. The molecule has 3 aromatic rings. The summed E-state index contributed by atoms with van der Waals surface area (Å²) in [6.07, 6.45) is 6.39. The van der Waals surface area contributed by atoms with Gasteiger partial charge in [0.05, 0.1) is 66.0 Å². The highest BCUT2D eigenvalue weighted by molar-refractivity contribution is 7.99. The Morgan fingerprint density at radius 3 is 2.08 bits per heavy atom. The summed E-state index contributed by atoms with van der Waals surface area (Å²) in [6, 6.07) is 7.14. The predicted octanol–water partition coefficient (Wildman–Crippen LogP) is 3.07. The van der Waals surface area contributed by atoms with Gasteiger partial charge in [0.15, 0.2) is 16.3 Å². The Hall–Kier alpha value is -2.90. The lowest BCUT2D eigenvalue weighted by Crippen LogP contribution is -2.48. The molecule has 0 aliphatic heterocycles. The number of thioether (sulfide) groups is 2. The number of amides is 2. The van der Waals surface area contributed by atoms with Gasteiger partial charge in [0, 0.05) is 36.6 Å². The van der Waals surface area contributed by atoms with E-state index in [1.54, 1.807) is 16.3 Å². The molecule has 0 saturated carbocycles. The normalized spacial score (nSPS) is 12.0. The predicted molar refractivity (Wildman–Crippen MR) is 205 cm³/mol. The van der Waals surface area contributed by atoms with E-state index in [9.17, 15) is 14.4 Å². The molecule has 0 bridgehead atoms. The van der Waals surface area contributed by atoms with Crippen molar-refractivity contribution in [3.8, 4) is 0 Å². The molecule has 1 aromatic carbocycles. The number of alkyl halides is 1. The fourth-order valence-corrected chi connectivity index (χ4v) is 6.37. The number of carbonyl (C=O) groups is 2. The molecular formula is C34H52ClN7O8S2. The van der Waals surface area contributed by atoms with Gasteiger partial charge in [0.25, 0.3) is 5.56 Å². The molecule has 0 fully saturated rings. The molecule has 0 saturated heterocycles. The molecule has 0 aliphatic carbocycles. The number of nitrogens with zero attached hydrogens (tertiary/aromatic N) is 3. The minimum atomic E-state index is -0.864. The van der Waals surface area contributed by atoms with Crippen LogP contribution >= 0.6 is 35.1 Å². The average molecular weight is 786 g/mol. The molecule has 2 heterocycles. The standard InChI is InChI=1S/C34H52ClN7O8S2/c1-25(43)38-28(24-52-34-39-29-30(40-33(36)41-32(29)45)42(34)23-26-7-9-27(51-2)10-8-26)31(44)37-12-14-47-16-18-49-20-22-50-21-19-48-17-15-46-13-6-4-3-5-11-35/h7-10,28H,3-6,11-24H2,1-2H3,(H,37,44)(H,38,43)(H3,36,40,41,45)/t28-/m0/s1. The van der Waals surface area contributed by atoms with E-state index in [4.69, 9.17) is 41.0 Å². The van der Waals surface area contributed by atoms with Crippen LogP contribution in [0, 0.1) is 0 Å². The molecule has 18 heteroatoms. The van der Waals surface area contributed by atoms with E-state index in [0.717, 1.165) is 48.6 Å². The number of aromatic amines is 1. The number of nitrogens with two attached hydrogens (primary N) is 1. The molecule has 3 rings (SSSR count). The highest BCUT2D eigenvalue weighted by Crippen LogP contribution is 2.25. The number of hydrogen-bond acceptors (Lipinski definition) is 13. The zero-order chi connectivity index (χ0) is 37.4. The lowest BCUT2D eigenvalue weighted by molar-refractivity contribution is -0.127. The van der Waals surface area contributed by atoms with Crippen LogP contribution in [0.15, 0.2) is 39.1 Å². The van der Waals surface area contributed by atoms with Crippen LogP contribution in [0.4, 0.5) is 5.95 Å². The zero-order valence-corrected chi connectivity index (χ0v) is 32.4. The number of H-pyrrole nitrogens is 1. The molecule has 0 aliphatic rings. The number of fused-ring (bicyclic) bond motifs is 1. The topological polar surface area (TPSA) is 194 Å². The van der Waals surface area contributed by atoms with E-state index in [1.807, 2.05) is 30.5 Å². The summed E-state index contributed by atoms with van der Waals surface area (Å²) in [5.41, 5.74) is 6.81. The van der Waals surface area contributed by atoms with Crippen LogP contribution in [0.25, 0.3) is 11.2 Å². The van der Waals surface area contributed by atoms with Gasteiger partial charge < -0.3 is 40.1 Å². The van der Waals surface area contributed by atoms with Gasteiger partial charge >= 0.3 is 0 Å². The molecule has 15 nitrogen and oxygen atoms in total. The quantitative estimate of drug-likeness (QED) is 0.0456. The van der Waals surface area contributed by atoms with Gasteiger partial charge in [-0.25, -0.2) is 4.98 Å². The third-order valence-corrected chi connectivity index (χ3v) is 9.45. The minimum Gasteiger partial charge on any atom is -0.379 e. The van der Waals surface area contributed by atoms with Crippen LogP contribution in [-0.4, -0.2) is 128 Å². The number of anilines is 1. The van der Waals surface area contributed by atoms with Crippen LogP contribution in [0.5, 0.6) is 0 Å². The first-order valence-electron chi connectivity index (χ1n) is 17.3. The van der Waals surface area contributed by atoms with E-state index < -0.39 is 11.6 Å². The number of nitrogen functional groups attached to an aromatic ring is 1. The second-order valence-electron chi connectivity index (χ2n) is 11.5. The van der Waals surface area contributed by atoms with Crippen LogP contribution in [0.3, 0.4) is 0 Å². The highest BCUT2D eigenvalue weighted by Gasteiger charge is 2.23. The van der Waals surface area contributed by atoms with Gasteiger partial charge in [-0.2, -0.15) is 4.98 Å². The number of benzene rings is 1. The number of carbonyl (C=O) groups excluding carboxylic acids is 2. The molecule has 2 aromatic heterocycles. The number of hydrogen-bond donors (Lipinski definition) is 4. The fraction of sp³-hybridized carbons (Fsp3) is 0.618. The maximum absolute atomic E-state index is 13.0. The van der Waals surface area contributed by atoms with Crippen LogP contribution < -0.4 is 21.9 Å². The summed E-state index contributed by atoms with van der Waals surface area (Å²) < 4.78 is 29.4. The van der Waals surface area contributed by atoms with E-state index in [-0.39, 0.29) is 42.2 Å². The maximum atomic E-state index is 13.0. The lowest BCUT2D eigenvalue weighted by atomic mass is 10.2. The van der Waals surface area contributed by atoms with E-state index in [2.05, 4.69) is 25.6 Å². The van der Waals surface area contributed by atoms with Gasteiger partial charge in [-0.15, -0.1) is 23.4 Å². The van der Waals surface area contributed by atoms with Crippen LogP contribution in [-0.2, 0) is 39.8 Å². The lowest BCUT2D eigenvalue weighted by Gasteiger charge is -2.17. The number of unbranched alkanes of at least 4 members (excludes halogenated alkanes) is 3. The maximum Gasteiger partial charge on any atom is 0.280 e. The van der Waals surface area contributed by atoms with Crippen molar-refractivity contribution in [3.63, 3.8) is 0 Å². The molecular weight excluding hydrogens is 734 g/mol. The Bertz CT molecular complexity index is 1530. The molecule has 0 spiro atoms. The van der Waals surface area contributed by atoms with Crippen molar-refractivity contribution < 1.29 is 33.3 Å². The zero-order valence-electron chi connectivity index (χ0n) is 30.0. The molecule has 290 valence electrons. The third-order valence-electron chi connectivity index (χ3n) is 7.37. The second kappa shape index (κ2) is 26.0. The molecule has 2 amide bonds. The summed E-state index contributed by atoms with van der Waals surface area (Å²) in [4.78, 5) is 50.1. The van der Waals surface area contributed by atoms with Crippen LogP contribution in [0.1, 0.15) is 38.2 Å². The van der Waals surface area contributed by atoms with Crippen molar-refractivity contribution in [2.45, 2.75) is 55.2 Å². The van der Waals surface area contributed by atoms with Crippen molar-refractivity contribution in [2.24, 2.45) is 0 Å². The number of halogens is 1. The van der Waals surface area contributed by atoms with Crippen molar-refractivity contribution in [1.29, 1.82) is 0 Å². The van der Waals surface area contributed by atoms with Crippen molar-refractivity contribution in [3.05, 3.63) is 40.2 Å². The number of rotatable bonds is 29. The molecule has 0 radical (unpaired) electrons. The van der Waals surface area contributed by atoms with E-state index in [0.29, 0.717) is 70.2 Å². The first-order valence-corrected chi connectivity index (χ1v) is 20.1. The Labute approximate surface area is 318 Å². The van der Waals surface area contributed by atoms with Gasteiger partial charge in [0.2, 0.25) is 17.8 Å². The van der Waals surface area contributed by atoms with Crippen molar-refractivity contribution in [1.82, 2.24) is 30.2 Å². The summed E-state index contributed by atoms with van der Waals surface area (Å²) in [7, 11) is 0. The third kappa shape index (κ3) is 16.8. The highest BCUT2D eigenvalue weighted by atomic mass is 35.5.